The second-order valence-corrected chi connectivity index (χ2v) is 7.03. The van der Waals surface area contributed by atoms with E-state index in [1.165, 1.54) is 0 Å². The Labute approximate surface area is 171 Å². The van der Waals surface area contributed by atoms with Crippen molar-refractivity contribution in [3.05, 3.63) is 83.7 Å². The number of rotatable bonds is 10. The van der Waals surface area contributed by atoms with Crippen LogP contribution in [0.1, 0.15) is 35.3 Å². The van der Waals surface area contributed by atoms with Gasteiger partial charge in [0.1, 0.15) is 0 Å². The summed E-state index contributed by atoms with van der Waals surface area (Å²) < 4.78 is 12.9. The van der Waals surface area contributed by atoms with Crippen molar-refractivity contribution in [3.8, 4) is 0 Å². The summed E-state index contributed by atoms with van der Waals surface area (Å²) >= 11 is 0. The number of benzene rings is 2. The van der Waals surface area contributed by atoms with E-state index < -0.39 is 0 Å². The fraction of sp³-hybridized carbons (Fsp3) is 0.304. The predicted octanol–water partition coefficient (Wildman–Crippen LogP) is 4.13. The molecule has 0 saturated heterocycles. The minimum Gasteiger partial charge on any atom is -0.376 e. The highest BCUT2D eigenvalue weighted by molar-refractivity contribution is 6.04. The lowest BCUT2D eigenvalue weighted by atomic mass is 10.1. The number of carbonyl (C=O) groups excluding carboxylic acids is 1. The molecule has 0 aliphatic rings. The molecular weight excluding hydrogens is 366 g/mol. The molecule has 1 N–H and O–H groups in total. The van der Waals surface area contributed by atoms with Gasteiger partial charge >= 0.3 is 0 Å². The Hall–Kier alpha value is -2.96. The number of nitrogens with zero attached hydrogens (tertiary/aromatic N) is 2. The lowest BCUT2D eigenvalue weighted by molar-refractivity contribution is 0.0143. The molecule has 0 bridgehead atoms. The van der Waals surface area contributed by atoms with Gasteiger partial charge in [0.05, 0.1) is 32.5 Å². The van der Waals surface area contributed by atoms with E-state index in [1.54, 1.807) is 6.20 Å². The normalized spacial score (nSPS) is 11.0. The van der Waals surface area contributed by atoms with E-state index in [4.69, 9.17) is 9.47 Å². The Balaban J connectivity index is 1.51. The van der Waals surface area contributed by atoms with E-state index in [1.807, 2.05) is 79.3 Å². The van der Waals surface area contributed by atoms with Gasteiger partial charge in [0, 0.05) is 23.6 Å². The van der Waals surface area contributed by atoms with Crippen LogP contribution in [0.15, 0.2) is 67.0 Å². The van der Waals surface area contributed by atoms with Crippen LogP contribution >= 0.6 is 0 Å². The van der Waals surface area contributed by atoms with Crippen LogP contribution in [0.25, 0.3) is 0 Å². The number of ether oxygens (including phenoxy) is 2. The molecule has 3 rings (SSSR count). The highest BCUT2D eigenvalue weighted by Gasteiger charge is 2.07. The maximum Gasteiger partial charge on any atom is 0.255 e. The molecule has 0 atom stereocenters. The largest absolute Gasteiger partial charge is 0.376 e. The molecule has 0 saturated carbocycles. The molecule has 1 heterocycles. The zero-order valence-corrected chi connectivity index (χ0v) is 16.9. The van der Waals surface area contributed by atoms with Crippen LogP contribution < -0.4 is 5.32 Å². The van der Waals surface area contributed by atoms with Crippen molar-refractivity contribution in [1.29, 1.82) is 0 Å². The van der Waals surface area contributed by atoms with Crippen LogP contribution in [0.2, 0.25) is 0 Å². The van der Waals surface area contributed by atoms with Crippen LogP contribution in [0.3, 0.4) is 0 Å². The lowest BCUT2D eigenvalue weighted by Gasteiger charge is -2.10. The molecule has 1 amide bonds. The zero-order chi connectivity index (χ0) is 20.5. The summed E-state index contributed by atoms with van der Waals surface area (Å²) in [6, 6.07) is 17.1. The molecule has 6 heteroatoms. The Morgan fingerprint density at radius 2 is 1.90 bits per heavy atom. The minimum atomic E-state index is -0.140. The Bertz CT molecular complexity index is 890. The topological polar surface area (TPSA) is 65.4 Å². The molecule has 3 aromatic rings. The van der Waals surface area contributed by atoms with E-state index in [-0.39, 0.29) is 12.0 Å². The highest BCUT2D eigenvalue weighted by Crippen LogP contribution is 2.14. The summed E-state index contributed by atoms with van der Waals surface area (Å²) in [4.78, 5) is 12.5. The number of amides is 1. The van der Waals surface area contributed by atoms with E-state index in [0.717, 1.165) is 16.8 Å². The first-order valence-corrected chi connectivity index (χ1v) is 9.76. The third kappa shape index (κ3) is 6.85. The van der Waals surface area contributed by atoms with Crippen LogP contribution in [0.5, 0.6) is 0 Å². The number of aromatic nitrogens is 2. The fourth-order valence-corrected chi connectivity index (χ4v) is 2.82. The summed E-state index contributed by atoms with van der Waals surface area (Å²) in [5, 5.41) is 7.14. The number of hydrogen-bond donors (Lipinski definition) is 1. The quantitative estimate of drug-likeness (QED) is 0.526. The van der Waals surface area contributed by atoms with Gasteiger partial charge in [0.15, 0.2) is 0 Å². The van der Waals surface area contributed by atoms with Crippen molar-refractivity contribution in [3.63, 3.8) is 0 Å². The molecule has 152 valence electrons. The second-order valence-electron chi connectivity index (χ2n) is 7.03. The molecule has 0 radical (unpaired) electrons. The van der Waals surface area contributed by atoms with Gasteiger partial charge in [0.25, 0.3) is 5.91 Å². The number of anilines is 1. The van der Waals surface area contributed by atoms with Crippen molar-refractivity contribution in [2.75, 3.05) is 18.5 Å². The molecule has 2 aromatic carbocycles. The molecule has 0 unspecified atom stereocenters. The molecule has 0 spiro atoms. The Morgan fingerprint density at radius 3 is 2.62 bits per heavy atom. The van der Waals surface area contributed by atoms with Gasteiger partial charge in [-0.05, 0) is 55.3 Å². The van der Waals surface area contributed by atoms with Gasteiger partial charge in [-0.2, -0.15) is 5.10 Å². The van der Waals surface area contributed by atoms with E-state index in [0.29, 0.717) is 31.9 Å². The average molecular weight is 393 g/mol. The van der Waals surface area contributed by atoms with Crippen molar-refractivity contribution < 1.29 is 14.3 Å². The van der Waals surface area contributed by atoms with E-state index >= 15 is 0 Å². The Morgan fingerprint density at radius 1 is 1.07 bits per heavy atom. The van der Waals surface area contributed by atoms with Crippen LogP contribution in [0.4, 0.5) is 5.69 Å². The number of carbonyl (C=O) groups is 1. The average Bonchev–Trinajstić information content (AvgIpc) is 3.21. The molecule has 6 nitrogen and oxygen atoms in total. The SMILES string of the molecule is CC(C)OCCOCc1cccc(NC(=O)c2ccc(Cn3cccn3)cc2)c1. The van der Waals surface area contributed by atoms with Gasteiger partial charge in [-0.3, -0.25) is 9.48 Å². The standard InChI is InChI=1S/C23H27N3O3/c1-18(2)29-14-13-28-17-20-5-3-6-22(15-20)25-23(27)21-9-7-19(8-10-21)16-26-12-4-11-24-26/h3-12,15,18H,13-14,16-17H2,1-2H3,(H,25,27). The van der Waals surface area contributed by atoms with Crippen molar-refractivity contribution in [2.24, 2.45) is 0 Å². The molecule has 0 aliphatic carbocycles. The molecular formula is C23H27N3O3. The summed E-state index contributed by atoms with van der Waals surface area (Å²) in [5.41, 5.74) is 3.45. The van der Waals surface area contributed by atoms with Crippen LogP contribution in [0, 0.1) is 0 Å². The second kappa shape index (κ2) is 10.5. The predicted molar refractivity (Wildman–Crippen MR) is 113 cm³/mol. The summed E-state index contributed by atoms with van der Waals surface area (Å²) in [7, 11) is 0. The first kappa shape index (κ1) is 20.8. The smallest absolute Gasteiger partial charge is 0.255 e. The summed E-state index contributed by atoms with van der Waals surface area (Å²) in [5.74, 6) is -0.140. The third-order valence-electron chi connectivity index (χ3n) is 4.25. The van der Waals surface area contributed by atoms with Crippen molar-refractivity contribution in [2.45, 2.75) is 33.1 Å². The molecule has 29 heavy (non-hydrogen) atoms. The third-order valence-corrected chi connectivity index (χ3v) is 4.25. The van der Waals surface area contributed by atoms with Crippen LogP contribution in [-0.2, 0) is 22.6 Å². The van der Waals surface area contributed by atoms with Crippen LogP contribution in [-0.4, -0.2) is 35.0 Å². The highest BCUT2D eigenvalue weighted by atomic mass is 16.5. The minimum absolute atomic E-state index is 0.140. The Kier molecular flexibility index (Phi) is 7.55. The van der Waals surface area contributed by atoms with E-state index in [9.17, 15) is 4.79 Å². The van der Waals surface area contributed by atoms with Crippen molar-refractivity contribution >= 4 is 11.6 Å². The first-order chi connectivity index (χ1) is 14.1. The molecule has 0 fully saturated rings. The summed E-state index contributed by atoms with van der Waals surface area (Å²) in [6.07, 6.45) is 3.87. The van der Waals surface area contributed by atoms with Gasteiger partial charge < -0.3 is 14.8 Å². The van der Waals surface area contributed by atoms with Gasteiger partial charge in [-0.15, -0.1) is 0 Å². The van der Waals surface area contributed by atoms with Crippen molar-refractivity contribution in [1.82, 2.24) is 9.78 Å². The lowest BCUT2D eigenvalue weighted by Crippen LogP contribution is -2.12. The van der Waals surface area contributed by atoms with E-state index in [2.05, 4.69) is 10.4 Å². The molecule has 1 aromatic heterocycles. The van der Waals surface area contributed by atoms with Gasteiger partial charge in [0.2, 0.25) is 0 Å². The maximum atomic E-state index is 12.5. The monoisotopic (exact) mass is 393 g/mol. The summed E-state index contributed by atoms with van der Waals surface area (Å²) in [6.45, 7) is 6.27. The maximum absolute atomic E-state index is 12.5. The number of nitrogens with one attached hydrogen (secondary N) is 1. The van der Waals surface area contributed by atoms with Gasteiger partial charge in [-0.25, -0.2) is 0 Å². The zero-order valence-electron chi connectivity index (χ0n) is 16.9. The van der Waals surface area contributed by atoms with Gasteiger partial charge in [-0.1, -0.05) is 24.3 Å². The molecule has 0 aliphatic heterocycles. The number of hydrogen-bond acceptors (Lipinski definition) is 4. The first-order valence-electron chi connectivity index (χ1n) is 9.76. The fourth-order valence-electron chi connectivity index (χ4n) is 2.82.